The van der Waals surface area contributed by atoms with Crippen LogP contribution in [0, 0.1) is 0 Å². The van der Waals surface area contributed by atoms with Gasteiger partial charge in [0.1, 0.15) is 5.75 Å². The van der Waals surface area contributed by atoms with Gasteiger partial charge in [0.2, 0.25) is 0 Å². The van der Waals surface area contributed by atoms with E-state index in [1.807, 2.05) is 13.8 Å². The van der Waals surface area contributed by atoms with Gasteiger partial charge in [-0.25, -0.2) is 0 Å². The molecule has 3 nitrogen and oxygen atoms in total. The van der Waals surface area contributed by atoms with Gasteiger partial charge < -0.3 is 10.1 Å². The molecule has 0 saturated heterocycles. The molecule has 0 radical (unpaired) electrons. The first-order valence-electron chi connectivity index (χ1n) is 5.22. The third kappa shape index (κ3) is 3.14. The molecule has 0 saturated carbocycles. The van der Waals surface area contributed by atoms with Crippen molar-refractivity contribution in [3.8, 4) is 5.75 Å². The molecular weight excluding hydrogens is 226 g/mol. The number of benzene rings is 1. The average Bonchev–Trinajstić information content (AvgIpc) is 2.28. The fraction of sp³-hybridized carbons (Fsp3) is 0.417. The molecule has 1 N–H and O–H groups in total. The van der Waals surface area contributed by atoms with Gasteiger partial charge >= 0.3 is 0 Å². The van der Waals surface area contributed by atoms with Gasteiger partial charge in [0.05, 0.1) is 12.1 Å². The molecule has 0 aliphatic heterocycles. The van der Waals surface area contributed by atoms with E-state index in [9.17, 15) is 4.79 Å². The smallest absolute Gasteiger partial charge is 0.251 e. The highest BCUT2D eigenvalue weighted by Gasteiger charge is 2.10. The van der Waals surface area contributed by atoms with Gasteiger partial charge in [-0.2, -0.15) is 0 Å². The average molecular weight is 242 g/mol. The lowest BCUT2D eigenvalue weighted by molar-refractivity contribution is 0.0939. The summed E-state index contributed by atoms with van der Waals surface area (Å²) in [7, 11) is 1.54. The zero-order chi connectivity index (χ0) is 12.1. The molecule has 0 heterocycles. The molecule has 1 rings (SSSR count). The number of methoxy groups -OCH3 is 1. The third-order valence-electron chi connectivity index (χ3n) is 2.40. The number of rotatable bonds is 4. The molecule has 0 fully saturated rings. The van der Waals surface area contributed by atoms with Gasteiger partial charge in [-0.05, 0) is 31.5 Å². The van der Waals surface area contributed by atoms with E-state index in [1.54, 1.807) is 25.3 Å². The van der Waals surface area contributed by atoms with Crippen LogP contribution in [0.3, 0.4) is 0 Å². The lowest BCUT2D eigenvalue weighted by Gasteiger charge is -2.12. The van der Waals surface area contributed by atoms with E-state index in [0.717, 1.165) is 6.42 Å². The maximum Gasteiger partial charge on any atom is 0.251 e. The summed E-state index contributed by atoms with van der Waals surface area (Å²) in [6, 6.07) is 5.15. The lowest BCUT2D eigenvalue weighted by Crippen LogP contribution is -2.31. The topological polar surface area (TPSA) is 38.3 Å². The van der Waals surface area contributed by atoms with Crippen molar-refractivity contribution in [3.63, 3.8) is 0 Å². The summed E-state index contributed by atoms with van der Waals surface area (Å²) in [5.74, 6) is 0.459. The first-order valence-corrected chi connectivity index (χ1v) is 5.60. The van der Waals surface area contributed by atoms with Crippen molar-refractivity contribution in [1.29, 1.82) is 0 Å². The Hall–Kier alpha value is -1.22. The van der Waals surface area contributed by atoms with E-state index in [0.29, 0.717) is 16.3 Å². The first kappa shape index (κ1) is 12.8. The van der Waals surface area contributed by atoms with E-state index in [4.69, 9.17) is 16.3 Å². The highest BCUT2D eigenvalue weighted by Crippen LogP contribution is 2.24. The number of ether oxygens (including phenoxy) is 1. The molecule has 1 amide bonds. The number of hydrogen-bond donors (Lipinski definition) is 1. The van der Waals surface area contributed by atoms with Crippen molar-refractivity contribution in [2.75, 3.05) is 7.11 Å². The van der Waals surface area contributed by atoms with Gasteiger partial charge in [0, 0.05) is 11.6 Å². The fourth-order valence-corrected chi connectivity index (χ4v) is 1.47. The molecule has 1 unspecified atom stereocenters. The van der Waals surface area contributed by atoms with Crippen LogP contribution in [-0.4, -0.2) is 19.1 Å². The van der Waals surface area contributed by atoms with Crippen LogP contribution in [0.25, 0.3) is 0 Å². The minimum absolute atomic E-state index is 0.112. The highest BCUT2D eigenvalue weighted by atomic mass is 35.5. The molecule has 4 heteroatoms. The molecule has 1 atom stereocenters. The Morgan fingerprint density at radius 1 is 1.56 bits per heavy atom. The van der Waals surface area contributed by atoms with Crippen LogP contribution < -0.4 is 10.1 Å². The van der Waals surface area contributed by atoms with Crippen LogP contribution in [0.4, 0.5) is 0 Å². The second-order valence-corrected chi connectivity index (χ2v) is 4.04. The molecule has 1 aromatic carbocycles. The molecule has 0 spiro atoms. The minimum Gasteiger partial charge on any atom is -0.495 e. The summed E-state index contributed by atoms with van der Waals surface area (Å²) >= 11 is 5.94. The maximum atomic E-state index is 11.8. The van der Waals surface area contributed by atoms with Gasteiger partial charge in [-0.3, -0.25) is 4.79 Å². The van der Waals surface area contributed by atoms with Crippen molar-refractivity contribution in [3.05, 3.63) is 28.8 Å². The van der Waals surface area contributed by atoms with E-state index < -0.39 is 0 Å². The first-order chi connectivity index (χ1) is 7.58. The second kappa shape index (κ2) is 5.75. The van der Waals surface area contributed by atoms with Crippen LogP contribution in [0.15, 0.2) is 18.2 Å². The molecular formula is C12H16ClNO2. The van der Waals surface area contributed by atoms with Crippen LogP contribution in [-0.2, 0) is 0 Å². The van der Waals surface area contributed by atoms with Crippen molar-refractivity contribution >= 4 is 17.5 Å². The Morgan fingerprint density at radius 3 is 2.75 bits per heavy atom. The summed E-state index contributed by atoms with van der Waals surface area (Å²) in [6.45, 7) is 3.98. The van der Waals surface area contributed by atoms with Crippen molar-refractivity contribution < 1.29 is 9.53 Å². The Morgan fingerprint density at radius 2 is 2.25 bits per heavy atom. The second-order valence-electron chi connectivity index (χ2n) is 3.63. The number of halogens is 1. The monoisotopic (exact) mass is 241 g/mol. The molecule has 16 heavy (non-hydrogen) atoms. The molecule has 0 aliphatic carbocycles. The van der Waals surface area contributed by atoms with E-state index in [1.165, 1.54) is 0 Å². The quantitative estimate of drug-likeness (QED) is 0.880. The molecule has 88 valence electrons. The fourth-order valence-electron chi connectivity index (χ4n) is 1.22. The zero-order valence-corrected chi connectivity index (χ0v) is 10.5. The number of amides is 1. The number of carbonyl (C=O) groups is 1. The number of nitrogens with one attached hydrogen (secondary N) is 1. The summed E-state index contributed by atoms with van der Waals surface area (Å²) in [5.41, 5.74) is 0.547. The highest BCUT2D eigenvalue weighted by molar-refractivity contribution is 6.32. The van der Waals surface area contributed by atoms with Gasteiger partial charge in [0.25, 0.3) is 5.91 Å². The normalized spacial score (nSPS) is 12.0. The summed E-state index contributed by atoms with van der Waals surface area (Å²) in [5, 5.41) is 3.32. The Balaban J connectivity index is 2.81. The van der Waals surface area contributed by atoms with Gasteiger partial charge in [-0.1, -0.05) is 18.5 Å². The van der Waals surface area contributed by atoms with Crippen molar-refractivity contribution in [2.45, 2.75) is 26.3 Å². The minimum atomic E-state index is -0.112. The largest absolute Gasteiger partial charge is 0.495 e. The summed E-state index contributed by atoms with van der Waals surface area (Å²) < 4.78 is 5.02. The Labute approximate surface area is 101 Å². The predicted octanol–water partition coefficient (Wildman–Crippen LogP) is 2.88. The molecule has 0 aliphatic rings. The van der Waals surface area contributed by atoms with Crippen LogP contribution in [0.2, 0.25) is 5.02 Å². The van der Waals surface area contributed by atoms with Crippen LogP contribution in [0.1, 0.15) is 30.6 Å². The summed E-state index contributed by atoms with van der Waals surface area (Å²) in [4.78, 5) is 11.8. The number of carbonyl (C=O) groups excluding carboxylic acids is 1. The van der Waals surface area contributed by atoms with Crippen LogP contribution >= 0.6 is 11.6 Å². The predicted molar refractivity (Wildman–Crippen MR) is 65.2 cm³/mol. The Bertz CT molecular complexity index is 379. The van der Waals surface area contributed by atoms with Crippen molar-refractivity contribution in [2.24, 2.45) is 0 Å². The SMILES string of the molecule is CCC(C)NC(=O)c1ccc(OC)c(Cl)c1. The number of hydrogen-bond acceptors (Lipinski definition) is 2. The zero-order valence-electron chi connectivity index (χ0n) is 9.71. The lowest BCUT2D eigenvalue weighted by atomic mass is 10.2. The maximum absolute atomic E-state index is 11.8. The Kier molecular flexibility index (Phi) is 4.62. The third-order valence-corrected chi connectivity index (χ3v) is 2.70. The molecule has 0 aromatic heterocycles. The van der Waals surface area contributed by atoms with E-state index in [2.05, 4.69) is 5.32 Å². The van der Waals surface area contributed by atoms with Gasteiger partial charge in [0.15, 0.2) is 0 Å². The van der Waals surface area contributed by atoms with E-state index >= 15 is 0 Å². The van der Waals surface area contributed by atoms with Gasteiger partial charge in [-0.15, -0.1) is 0 Å². The van der Waals surface area contributed by atoms with E-state index in [-0.39, 0.29) is 11.9 Å². The summed E-state index contributed by atoms with van der Waals surface area (Å²) in [6.07, 6.45) is 0.898. The standard InChI is InChI=1S/C12H16ClNO2/c1-4-8(2)14-12(15)9-5-6-11(16-3)10(13)7-9/h5-8H,4H2,1-3H3,(H,14,15). The van der Waals surface area contributed by atoms with Crippen LogP contribution in [0.5, 0.6) is 5.75 Å². The van der Waals surface area contributed by atoms with Crippen molar-refractivity contribution in [1.82, 2.24) is 5.32 Å². The molecule has 0 bridgehead atoms. The molecule has 1 aromatic rings.